The van der Waals surface area contributed by atoms with Gasteiger partial charge in [0.05, 0.1) is 0 Å². The highest BCUT2D eigenvalue weighted by atomic mass is 16.3. The summed E-state index contributed by atoms with van der Waals surface area (Å²) in [5.41, 5.74) is 0.913. The first-order valence-corrected chi connectivity index (χ1v) is 8.53. The second-order valence-corrected chi connectivity index (χ2v) is 8.18. The van der Waals surface area contributed by atoms with Crippen molar-refractivity contribution in [2.45, 2.75) is 52.1 Å². The van der Waals surface area contributed by atoms with Gasteiger partial charge in [-0.3, -0.25) is 9.59 Å². The van der Waals surface area contributed by atoms with Crippen LogP contribution in [-0.2, 0) is 9.59 Å². The van der Waals surface area contributed by atoms with E-state index in [9.17, 15) is 14.7 Å². The van der Waals surface area contributed by atoms with Crippen LogP contribution in [0.25, 0.3) is 0 Å². The zero-order valence-corrected chi connectivity index (χ0v) is 13.3. The van der Waals surface area contributed by atoms with Crippen molar-refractivity contribution in [3.05, 3.63) is 23.8 Å². The molecule has 4 aliphatic rings. The summed E-state index contributed by atoms with van der Waals surface area (Å²) < 4.78 is 0. The number of carbonyl (C=O) groups is 2. The van der Waals surface area contributed by atoms with Crippen molar-refractivity contribution < 1.29 is 14.7 Å². The summed E-state index contributed by atoms with van der Waals surface area (Å²) in [4.78, 5) is 24.1. The van der Waals surface area contributed by atoms with Gasteiger partial charge in [0.25, 0.3) is 0 Å². The van der Waals surface area contributed by atoms with Crippen LogP contribution in [0.1, 0.15) is 46.0 Å². The van der Waals surface area contributed by atoms with E-state index >= 15 is 0 Å². The number of fused-ring (bicyclic) bond motifs is 5. The molecule has 0 heterocycles. The zero-order chi connectivity index (χ0) is 15.7. The number of ketones is 2. The minimum absolute atomic E-state index is 0.0330. The number of rotatable bonds is 0. The van der Waals surface area contributed by atoms with Gasteiger partial charge < -0.3 is 5.11 Å². The molecule has 0 aromatic rings. The van der Waals surface area contributed by atoms with Gasteiger partial charge in [0, 0.05) is 10.8 Å². The fourth-order valence-electron chi connectivity index (χ4n) is 5.99. The smallest absolute Gasteiger partial charge is 0.178 e. The number of hydrogen-bond donors (Lipinski definition) is 1. The molecule has 0 aliphatic heterocycles. The molecule has 0 radical (unpaired) electrons. The van der Waals surface area contributed by atoms with E-state index < -0.39 is 6.10 Å². The third-order valence-electron chi connectivity index (χ3n) is 7.29. The van der Waals surface area contributed by atoms with Crippen LogP contribution in [0.15, 0.2) is 23.8 Å². The first kappa shape index (κ1) is 14.4. The third-order valence-corrected chi connectivity index (χ3v) is 7.29. The van der Waals surface area contributed by atoms with Crippen LogP contribution >= 0.6 is 0 Å². The second kappa shape index (κ2) is 4.41. The first-order chi connectivity index (χ1) is 10.4. The monoisotopic (exact) mass is 300 g/mol. The van der Waals surface area contributed by atoms with E-state index in [0.29, 0.717) is 24.2 Å². The van der Waals surface area contributed by atoms with E-state index in [4.69, 9.17) is 0 Å². The molecular weight excluding hydrogens is 276 g/mol. The van der Waals surface area contributed by atoms with E-state index in [0.717, 1.165) is 25.7 Å². The van der Waals surface area contributed by atoms with Crippen molar-refractivity contribution in [2.24, 2.45) is 28.6 Å². The van der Waals surface area contributed by atoms with Crippen molar-refractivity contribution in [3.8, 4) is 0 Å². The number of hydrogen-bond acceptors (Lipinski definition) is 3. The lowest BCUT2D eigenvalue weighted by molar-refractivity contribution is -0.136. The molecule has 22 heavy (non-hydrogen) atoms. The van der Waals surface area contributed by atoms with Crippen LogP contribution < -0.4 is 0 Å². The lowest BCUT2D eigenvalue weighted by Crippen LogP contribution is -2.49. The normalized spacial score (nSPS) is 50.2. The highest BCUT2D eigenvalue weighted by Crippen LogP contribution is 2.63. The Morgan fingerprint density at radius 3 is 2.73 bits per heavy atom. The van der Waals surface area contributed by atoms with Gasteiger partial charge in [0.1, 0.15) is 6.10 Å². The molecule has 0 spiro atoms. The Labute approximate surface area is 131 Å². The number of allylic oxidation sites excluding steroid dienone is 4. The predicted molar refractivity (Wildman–Crippen MR) is 83.0 cm³/mol. The summed E-state index contributed by atoms with van der Waals surface area (Å²) in [6.07, 6.45) is 9.42. The Kier molecular flexibility index (Phi) is 2.88. The van der Waals surface area contributed by atoms with Crippen LogP contribution in [0.5, 0.6) is 0 Å². The zero-order valence-electron chi connectivity index (χ0n) is 13.3. The molecule has 0 unspecified atom stereocenters. The summed E-state index contributed by atoms with van der Waals surface area (Å²) in [5, 5.41) is 10.1. The Hall–Kier alpha value is -1.22. The molecule has 3 saturated carbocycles. The SMILES string of the molecule is C[C@]12C=CC(=O)C=C1CC[C@@H]1[C@@H]2CC[C@]2(C)C(=O)[C@H](O)C[C@@H]12. The average molecular weight is 300 g/mol. The van der Waals surface area contributed by atoms with E-state index in [1.807, 2.05) is 6.08 Å². The van der Waals surface area contributed by atoms with Crippen LogP contribution in [0.4, 0.5) is 0 Å². The van der Waals surface area contributed by atoms with Gasteiger partial charge in [-0.1, -0.05) is 25.5 Å². The van der Waals surface area contributed by atoms with E-state index in [1.165, 1.54) is 5.57 Å². The third kappa shape index (κ3) is 1.66. The molecule has 4 aliphatic carbocycles. The highest BCUT2D eigenvalue weighted by molar-refractivity contribution is 6.01. The maximum absolute atomic E-state index is 12.4. The van der Waals surface area contributed by atoms with Crippen molar-refractivity contribution in [1.82, 2.24) is 0 Å². The van der Waals surface area contributed by atoms with Gasteiger partial charge in [-0.2, -0.15) is 0 Å². The van der Waals surface area contributed by atoms with Gasteiger partial charge >= 0.3 is 0 Å². The minimum atomic E-state index is -0.762. The van der Waals surface area contributed by atoms with Crippen molar-refractivity contribution >= 4 is 11.6 Å². The summed E-state index contributed by atoms with van der Waals surface area (Å²) in [7, 11) is 0. The topological polar surface area (TPSA) is 54.4 Å². The molecule has 0 aromatic heterocycles. The summed E-state index contributed by atoms with van der Waals surface area (Å²) in [6.45, 7) is 4.33. The highest BCUT2D eigenvalue weighted by Gasteiger charge is 2.60. The molecule has 1 N–H and O–H groups in total. The maximum atomic E-state index is 12.4. The Morgan fingerprint density at radius 2 is 1.95 bits per heavy atom. The molecule has 4 rings (SSSR count). The molecule has 0 amide bonds. The van der Waals surface area contributed by atoms with Gasteiger partial charge in [-0.05, 0) is 62.0 Å². The van der Waals surface area contributed by atoms with E-state index in [2.05, 4.69) is 19.9 Å². The minimum Gasteiger partial charge on any atom is -0.385 e. The van der Waals surface area contributed by atoms with Crippen LogP contribution in [0.3, 0.4) is 0 Å². The fourth-order valence-corrected chi connectivity index (χ4v) is 5.99. The molecule has 0 bridgehead atoms. The maximum Gasteiger partial charge on any atom is 0.178 e. The molecular formula is C19H24O3. The van der Waals surface area contributed by atoms with E-state index in [1.54, 1.807) is 6.08 Å². The van der Waals surface area contributed by atoms with Crippen LogP contribution in [0, 0.1) is 28.6 Å². The average Bonchev–Trinajstić information content (AvgIpc) is 2.72. The summed E-state index contributed by atoms with van der Waals surface area (Å²) in [6, 6.07) is 0. The number of aliphatic hydroxyl groups is 1. The molecule has 3 fully saturated rings. The first-order valence-electron chi connectivity index (χ1n) is 8.53. The van der Waals surface area contributed by atoms with Crippen LogP contribution in [-0.4, -0.2) is 22.8 Å². The lowest BCUT2D eigenvalue weighted by Gasteiger charge is -2.55. The van der Waals surface area contributed by atoms with Gasteiger partial charge in [0.15, 0.2) is 11.6 Å². The summed E-state index contributed by atoms with van der Waals surface area (Å²) >= 11 is 0. The molecule has 3 nitrogen and oxygen atoms in total. The Morgan fingerprint density at radius 1 is 1.18 bits per heavy atom. The second-order valence-electron chi connectivity index (χ2n) is 8.18. The van der Waals surface area contributed by atoms with Crippen molar-refractivity contribution in [2.75, 3.05) is 0 Å². The van der Waals surface area contributed by atoms with Crippen molar-refractivity contribution in [1.29, 1.82) is 0 Å². The van der Waals surface area contributed by atoms with Gasteiger partial charge in [0.2, 0.25) is 0 Å². The van der Waals surface area contributed by atoms with E-state index in [-0.39, 0.29) is 22.4 Å². The fraction of sp³-hybridized carbons (Fsp3) is 0.684. The summed E-state index contributed by atoms with van der Waals surface area (Å²) in [5.74, 6) is 1.46. The predicted octanol–water partition coefficient (Wildman–Crippen LogP) is 2.83. The lowest BCUT2D eigenvalue weighted by atomic mass is 9.48. The number of carbonyl (C=O) groups excluding carboxylic acids is 2. The van der Waals surface area contributed by atoms with Gasteiger partial charge in [-0.15, -0.1) is 0 Å². The van der Waals surface area contributed by atoms with Crippen LogP contribution in [0.2, 0.25) is 0 Å². The molecule has 118 valence electrons. The van der Waals surface area contributed by atoms with Gasteiger partial charge in [-0.25, -0.2) is 0 Å². The largest absolute Gasteiger partial charge is 0.385 e. The molecule has 3 heteroatoms. The number of aliphatic hydroxyl groups excluding tert-OH is 1. The Balaban J connectivity index is 1.72. The molecule has 0 aromatic carbocycles. The molecule has 0 saturated heterocycles. The number of Topliss-reactive ketones (excluding diaryl/α,β-unsaturated/α-hetero) is 1. The molecule has 6 atom stereocenters. The standard InChI is InChI=1S/C19H24O3/c1-18-7-5-12(20)9-11(18)3-4-13-14(18)6-8-19(2)15(13)10-16(21)17(19)22/h5,7,9,13-16,21H,3-4,6,8,10H2,1-2H3/t13-,14+,15+,16-,18+,19+/m1/s1. The van der Waals surface area contributed by atoms with Crippen molar-refractivity contribution in [3.63, 3.8) is 0 Å². The quantitative estimate of drug-likeness (QED) is 0.748. The Bertz CT molecular complexity index is 616.